The van der Waals surface area contributed by atoms with Crippen molar-refractivity contribution in [3.05, 3.63) is 34.9 Å². The Morgan fingerprint density at radius 1 is 1.33 bits per heavy atom. The highest BCUT2D eigenvalue weighted by molar-refractivity contribution is 6.00. The monoisotopic (exact) mass is 203 g/mol. The molecule has 0 N–H and O–H groups in total. The summed E-state index contributed by atoms with van der Waals surface area (Å²) in [6.07, 6.45) is 1.74. The van der Waals surface area contributed by atoms with E-state index in [1.807, 2.05) is 39.0 Å². The van der Waals surface area contributed by atoms with E-state index in [4.69, 9.17) is 1.37 Å². The summed E-state index contributed by atoms with van der Waals surface area (Å²) in [5.41, 5.74) is 2.76. The van der Waals surface area contributed by atoms with Crippen molar-refractivity contribution in [2.45, 2.75) is 40.0 Å². The number of fused-ring (bicyclic) bond motifs is 1. The number of hydrogen-bond donors (Lipinski definition) is 0. The number of rotatable bonds is 1. The molecule has 0 heterocycles. The van der Waals surface area contributed by atoms with E-state index >= 15 is 0 Å². The van der Waals surface area contributed by atoms with Gasteiger partial charge in [-0.05, 0) is 36.4 Å². The molecule has 1 aromatic rings. The van der Waals surface area contributed by atoms with E-state index in [0.717, 1.165) is 24.0 Å². The first-order valence-corrected chi connectivity index (χ1v) is 5.49. The average Bonchev–Trinajstić information content (AvgIpc) is 2.57. The van der Waals surface area contributed by atoms with Gasteiger partial charge in [-0.25, -0.2) is 0 Å². The summed E-state index contributed by atoms with van der Waals surface area (Å²) in [4.78, 5) is 12.1. The van der Waals surface area contributed by atoms with Crippen LogP contribution < -0.4 is 0 Å². The fourth-order valence-electron chi connectivity index (χ4n) is 1.98. The van der Waals surface area contributed by atoms with Crippen LogP contribution in [0, 0.1) is 5.41 Å². The maximum atomic E-state index is 12.1. The van der Waals surface area contributed by atoms with Crippen LogP contribution in [-0.4, -0.2) is 5.78 Å². The van der Waals surface area contributed by atoms with E-state index in [9.17, 15) is 4.79 Å². The van der Waals surface area contributed by atoms with E-state index in [1.54, 1.807) is 0 Å². The van der Waals surface area contributed by atoms with Gasteiger partial charge in [0.2, 0.25) is 0 Å². The van der Waals surface area contributed by atoms with Gasteiger partial charge in [-0.2, -0.15) is 0 Å². The van der Waals surface area contributed by atoms with Gasteiger partial charge < -0.3 is 0 Å². The van der Waals surface area contributed by atoms with Crippen LogP contribution in [-0.2, 0) is 12.8 Å². The lowest BCUT2D eigenvalue weighted by Crippen LogP contribution is -2.20. The number of carbonyl (C=O) groups excluding carboxylic acids is 1. The summed E-state index contributed by atoms with van der Waals surface area (Å²) in [5.74, 6) is 0.184. The first-order valence-electron chi connectivity index (χ1n) is 6.07. The van der Waals surface area contributed by atoms with Gasteiger partial charge in [0.1, 0.15) is 0 Å². The summed E-state index contributed by atoms with van der Waals surface area (Å²) < 4.78 is 7.83. The lowest BCUT2D eigenvalue weighted by atomic mass is 9.86. The Labute approximate surface area is 92.9 Å². The summed E-state index contributed by atoms with van der Waals surface area (Å²) in [6, 6.07) is 5.82. The minimum Gasteiger partial charge on any atom is -0.294 e. The largest absolute Gasteiger partial charge is 0.294 e. The molecule has 0 saturated heterocycles. The van der Waals surface area contributed by atoms with Gasteiger partial charge in [-0.15, -0.1) is 0 Å². The predicted molar refractivity (Wildman–Crippen MR) is 62.3 cm³/mol. The van der Waals surface area contributed by atoms with Crippen LogP contribution in [0.25, 0.3) is 0 Å². The Hall–Kier alpha value is -1.11. The molecular formula is C14H18O. The molecule has 0 saturated carbocycles. The molecule has 1 nitrogen and oxygen atoms in total. The topological polar surface area (TPSA) is 17.1 Å². The van der Waals surface area contributed by atoms with Gasteiger partial charge >= 0.3 is 0 Å². The summed E-state index contributed by atoms with van der Waals surface area (Å²) >= 11 is 0. The highest BCUT2D eigenvalue weighted by Crippen LogP contribution is 2.26. The zero-order valence-corrected chi connectivity index (χ0v) is 9.63. The SMILES string of the molecule is [2H]C1CCc2cc(C(=O)C(C)(C)C)ccc21. The molecule has 0 radical (unpaired) electrons. The van der Waals surface area contributed by atoms with Gasteiger partial charge in [-0.3, -0.25) is 4.79 Å². The number of hydrogen-bond acceptors (Lipinski definition) is 1. The van der Waals surface area contributed by atoms with Crippen molar-refractivity contribution in [3.63, 3.8) is 0 Å². The molecule has 1 unspecified atom stereocenters. The van der Waals surface area contributed by atoms with Crippen molar-refractivity contribution >= 4 is 5.78 Å². The van der Waals surface area contributed by atoms with Gasteiger partial charge in [0.05, 0.1) is 0 Å². The number of ketones is 1. The van der Waals surface area contributed by atoms with Gasteiger partial charge in [-0.1, -0.05) is 32.9 Å². The molecule has 0 fully saturated rings. The smallest absolute Gasteiger partial charge is 0.168 e. The standard InChI is InChI=1S/C14H18O/c1-14(2,3)13(15)12-8-7-10-5-4-6-11(10)9-12/h7-9H,4-6H2,1-3H3/i5D. The Balaban J connectivity index is 2.36. The summed E-state index contributed by atoms with van der Waals surface area (Å²) in [5, 5.41) is 0. The molecule has 0 aliphatic heterocycles. The van der Waals surface area contributed by atoms with E-state index in [2.05, 4.69) is 0 Å². The van der Waals surface area contributed by atoms with Crippen LogP contribution in [0.3, 0.4) is 0 Å². The third-order valence-electron chi connectivity index (χ3n) is 2.86. The first-order chi connectivity index (χ1) is 7.39. The second kappa shape index (κ2) is 3.48. The average molecular weight is 203 g/mol. The fourth-order valence-corrected chi connectivity index (χ4v) is 1.98. The third-order valence-corrected chi connectivity index (χ3v) is 2.86. The van der Waals surface area contributed by atoms with Crippen molar-refractivity contribution in [1.82, 2.24) is 0 Å². The molecule has 1 aliphatic rings. The molecule has 1 aliphatic carbocycles. The third kappa shape index (κ3) is 1.97. The van der Waals surface area contributed by atoms with Crippen LogP contribution in [0.5, 0.6) is 0 Å². The number of carbonyl (C=O) groups is 1. The Bertz CT molecular complexity index is 429. The zero-order chi connectivity index (χ0) is 11.9. The van der Waals surface area contributed by atoms with E-state index in [-0.39, 0.29) is 17.6 Å². The first kappa shape index (κ1) is 9.14. The highest BCUT2D eigenvalue weighted by Gasteiger charge is 2.23. The Morgan fingerprint density at radius 2 is 2.07 bits per heavy atom. The van der Waals surface area contributed by atoms with Crippen LogP contribution in [0.1, 0.15) is 50.0 Å². The zero-order valence-electron chi connectivity index (χ0n) is 10.6. The van der Waals surface area contributed by atoms with Gasteiger partial charge in [0, 0.05) is 12.3 Å². The van der Waals surface area contributed by atoms with Crippen LogP contribution in [0.4, 0.5) is 0 Å². The summed E-state index contributed by atoms with van der Waals surface area (Å²) in [6.45, 7) is 5.82. The van der Waals surface area contributed by atoms with Crippen molar-refractivity contribution in [1.29, 1.82) is 0 Å². The van der Waals surface area contributed by atoms with Crippen molar-refractivity contribution in [2.75, 3.05) is 0 Å². The molecule has 80 valence electrons. The molecule has 0 amide bonds. The molecule has 0 bridgehead atoms. The van der Waals surface area contributed by atoms with Crippen LogP contribution in [0.2, 0.25) is 0 Å². The minimum absolute atomic E-state index is 0.0891. The fraction of sp³-hybridized carbons (Fsp3) is 0.500. The highest BCUT2D eigenvalue weighted by atomic mass is 16.1. The molecule has 0 spiro atoms. The van der Waals surface area contributed by atoms with Gasteiger partial charge in [0.25, 0.3) is 0 Å². The van der Waals surface area contributed by atoms with E-state index < -0.39 is 0 Å². The lowest BCUT2D eigenvalue weighted by molar-refractivity contribution is 0.0858. The quantitative estimate of drug-likeness (QED) is 0.639. The van der Waals surface area contributed by atoms with Crippen molar-refractivity contribution in [2.24, 2.45) is 5.41 Å². The molecule has 1 atom stereocenters. The van der Waals surface area contributed by atoms with E-state index in [0.29, 0.717) is 0 Å². The molecule has 15 heavy (non-hydrogen) atoms. The van der Waals surface area contributed by atoms with Crippen LogP contribution >= 0.6 is 0 Å². The minimum atomic E-state index is -0.326. The predicted octanol–water partition coefficient (Wildman–Crippen LogP) is 3.40. The molecule has 1 aromatic carbocycles. The normalized spacial score (nSPS) is 21.0. The maximum Gasteiger partial charge on any atom is 0.168 e. The lowest BCUT2D eigenvalue weighted by Gasteiger charge is -2.17. The number of Topliss-reactive ketones (excluding diaryl/α,β-unsaturated/α-hetero) is 1. The molecule has 0 aromatic heterocycles. The van der Waals surface area contributed by atoms with Gasteiger partial charge in [0.15, 0.2) is 5.78 Å². The second-order valence-electron chi connectivity index (χ2n) is 5.24. The Kier molecular flexibility index (Phi) is 2.12. The second-order valence-corrected chi connectivity index (χ2v) is 5.24. The maximum absolute atomic E-state index is 12.1. The van der Waals surface area contributed by atoms with E-state index in [1.165, 1.54) is 5.56 Å². The summed E-state index contributed by atoms with van der Waals surface area (Å²) in [7, 11) is 0. The van der Waals surface area contributed by atoms with Crippen molar-refractivity contribution < 1.29 is 6.17 Å². The number of aryl methyl sites for hydroxylation is 2. The van der Waals surface area contributed by atoms with Crippen LogP contribution in [0.15, 0.2) is 18.2 Å². The van der Waals surface area contributed by atoms with Crippen molar-refractivity contribution in [3.8, 4) is 0 Å². The number of benzene rings is 1. The molecular weight excluding hydrogens is 184 g/mol. The Morgan fingerprint density at radius 3 is 2.73 bits per heavy atom. The molecule has 1 heteroatoms. The molecule has 2 rings (SSSR count).